The molecular weight excluding hydrogens is 366 g/mol. The van der Waals surface area contributed by atoms with Crippen LogP contribution >= 0.6 is 0 Å². The van der Waals surface area contributed by atoms with Gasteiger partial charge in [-0.15, -0.1) is 0 Å². The summed E-state index contributed by atoms with van der Waals surface area (Å²) >= 11 is 0. The predicted molar refractivity (Wildman–Crippen MR) is 110 cm³/mol. The molecule has 2 amide bonds. The Hall–Kier alpha value is -2.60. The normalized spacial score (nSPS) is 18.1. The summed E-state index contributed by atoms with van der Waals surface area (Å²) in [4.78, 5) is 29.4. The zero-order valence-corrected chi connectivity index (χ0v) is 16.8. The molecule has 6 heteroatoms. The van der Waals surface area contributed by atoms with Gasteiger partial charge in [-0.05, 0) is 56.0 Å². The maximum Gasteiger partial charge on any atom is 0.257 e. The van der Waals surface area contributed by atoms with E-state index in [1.165, 1.54) is 36.5 Å². The molecule has 1 aromatic heterocycles. The van der Waals surface area contributed by atoms with Gasteiger partial charge in [0.15, 0.2) is 0 Å². The largest absolute Gasteiger partial charge is 0.472 e. The van der Waals surface area contributed by atoms with Crippen molar-refractivity contribution in [3.63, 3.8) is 0 Å². The minimum Gasteiger partial charge on any atom is -0.472 e. The van der Waals surface area contributed by atoms with Gasteiger partial charge in [-0.25, -0.2) is 0 Å². The lowest BCUT2D eigenvalue weighted by Gasteiger charge is -2.31. The quantitative estimate of drug-likeness (QED) is 0.817. The molecule has 154 valence electrons. The fourth-order valence-corrected chi connectivity index (χ4v) is 4.31. The zero-order valence-electron chi connectivity index (χ0n) is 16.8. The first-order valence-corrected chi connectivity index (χ1v) is 10.6. The summed E-state index contributed by atoms with van der Waals surface area (Å²) in [6, 6.07) is 10.1. The van der Waals surface area contributed by atoms with E-state index in [0.29, 0.717) is 38.0 Å². The molecule has 0 unspecified atom stereocenters. The number of carbonyl (C=O) groups is 2. The lowest BCUT2D eigenvalue weighted by atomic mass is 9.95. The Morgan fingerprint density at radius 1 is 1.00 bits per heavy atom. The second-order valence-corrected chi connectivity index (χ2v) is 8.05. The van der Waals surface area contributed by atoms with Crippen LogP contribution in [-0.4, -0.2) is 47.8 Å². The van der Waals surface area contributed by atoms with E-state index in [4.69, 9.17) is 4.42 Å². The second kappa shape index (κ2) is 9.27. The fourth-order valence-electron chi connectivity index (χ4n) is 4.31. The molecule has 0 saturated carbocycles. The van der Waals surface area contributed by atoms with Crippen LogP contribution in [0, 0.1) is 5.92 Å². The van der Waals surface area contributed by atoms with Crippen LogP contribution in [0.2, 0.25) is 0 Å². The lowest BCUT2D eigenvalue weighted by molar-refractivity contribution is -0.126. The van der Waals surface area contributed by atoms with E-state index in [9.17, 15) is 9.59 Å². The number of carbonyl (C=O) groups excluding carboxylic acids is 2. The Morgan fingerprint density at radius 3 is 2.41 bits per heavy atom. The van der Waals surface area contributed by atoms with E-state index < -0.39 is 0 Å². The van der Waals surface area contributed by atoms with Crippen molar-refractivity contribution in [2.45, 2.75) is 38.8 Å². The van der Waals surface area contributed by atoms with E-state index in [1.807, 2.05) is 6.07 Å². The molecule has 2 aromatic rings. The monoisotopic (exact) mass is 395 g/mol. The minimum atomic E-state index is -0.0332. The van der Waals surface area contributed by atoms with Gasteiger partial charge in [0.2, 0.25) is 5.91 Å². The summed E-state index contributed by atoms with van der Waals surface area (Å²) in [5, 5.41) is 3.13. The van der Waals surface area contributed by atoms with E-state index in [1.54, 1.807) is 11.0 Å². The molecule has 4 rings (SSSR count). The standard InChI is InChI=1S/C23H29N3O3/c27-22(18-7-12-26(13-8-18)23(28)21-9-14-29-17-21)24-15-19-5-1-2-6-20(19)16-25-10-3-4-11-25/h1-2,5-6,9,14,17-18H,3-4,7-8,10-13,15-16H2,(H,24,27). The van der Waals surface area contributed by atoms with Crippen molar-refractivity contribution in [1.29, 1.82) is 0 Å². The molecule has 0 atom stereocenters. The number of hydrogen-bond donors (Lipinski definition) is 1. The molecule has 2 aliphatic heterocycles. The van der Waals surface area contributed by atoms with Gasteiger partial charge < -0.3 is 14.6 Å². The highest BCUT2D eigenvalue weighted by Crippen LogP contribution is 2.20. The molecular formula is C23H29N3O3. The van der Waals surface area contributed by atoms with Crippen LogP contribution in [0.25, 0.3) is 0 Å². The van der Waals surface area contributed by atoms with Gasteiger partial charge in [0.05, 0.1) is 11.8 Å². The smallest absolute Gasteiger partial charge is 0.257 e. The molecule has 2 saturated heterocycles. The van der Waals surface area contributed by atoms with E-state index >= 15 is 0 Å². The Bertz CT molecular complexity index is 820. The fraction of sp³-hybridized carbons (Fsp3) is 0.478. The number of nitrogens with zero attached hydrogens (tertiary/aromatic N) is 2. The first kappa shape index (κ1) is 19.7. The van der Waals surface area contributed by atoms with Crippen LogP contribution in [-0.2, 0) is 17.9 Å². The summed E-state index contributed by atoms with van der Waals surface area (Å²) in [6.45, 7) is 5.06. The van der Waals surface area contributed by atoms with Crippen LogP contribution in [0.1, 0.15) is 47.2 Å². The van der Waals surface area contributed by atoms with Gasteiger partial charge in [0.1, 0.15) is 6.26 Å². The number of hydrogen-bond acceptors (Lipinski definition) is 4. The van der Waals surface area contributed by atoms with Crippen molar-refractivity contribution in [2.75, 3.05) is 26.2 Å². The third-order valence-corrected chi connectivity index (χ3v) is 6.09. The van der Waals surface area contributed by atoms with Crippen molar-refractivity contribution < 1.29 is 14.0 Å². The number of amides is 2. The highest BCUT2D eigenvalue weighted by molar-refractivity contribution is 5.94. The first-order valence-electron chi connectivity index (χ1n) is 10.6. The summed E-state index contributed by atoms with van der Waals surface area (Å²) < 4.78 is 5.00. The van der Waals surface area contributed by atoms with Crippen molar-refractivity contribution in [1.82, 2.24) is 15.1 Å². The van der Waals surface area contributed by atoms with Crippen LogP contribution in [0.3, 0.4) is 0 Å². The topological polar surface area (TPSA) is 65.8 Å². The van der Waals surface area contributed by atoms with E-state index in [2.05, 4.69) is 28.4 Å². The van der Waals surface area contributed by atoms with Crippen molar-refractivity contribution in [2.24, 2.45) is 5.92 Å². The van der Waals surface area contributed by atoms with Crippen molar-refractivity contribution in [3.05, 3.63) is 59.5 Å². The molecule has 0 bridgehead atoms. The molecule has 1 aromatic carbocycles. The van der Waals surface area contributed by atoms with Crippen LogP contribution in [0.5, 0.6) is 0 Å². The van der Waals surface area contributed by atoms with Crippen LogP contribution in [0.15, 0.2) is 47.3 Å². The Labute approximate surface area is 171 Å². The van der Waals surface area contributed by atoms with E-state index in [-0.39, 0.29) is 17.7 Å². The molecule has 6 nitrogen and oxygen atoms in total. The number of furan rings is 1. The zero-order chi connectivity index (χ0) is 20.1. The highest BCUT2D eigenvalue weighted by atomic mass is 16.3. The average Bonchev–Trinajstić information content (AvgIpc) is 3.47. The molecule has 2 aliphatic rings. The van der Waals surface area contributed by atoms with Crippen LogP contribution in [0.4, 0.5) is 0 Å². The third kappa shape index (κ3) is 4.88. The van der Waals surface area contributed by atoms with Gasteiger partial charge in [0.25, 0.3) is 5.91 Å². The first-order chi connectivity index (χ1) is 14.2. The van der Waals surface area contributed by atoms with Gasteiger partial charge in [-0.2, -0.15) is 0 Å². The maximum atomic E-state index is 12.7. The number of nitrogens with one attached hydrogen (secondary N) is 1. The molecule has 3 heterocycles. The van der Waals surface area contributed by atoms with Crippen LogP contribution < -0.4 is 5.32 Å². The molecule has 29 heavy (non-hydrogen) atoms. The van der Waals surface area contributed by atoms with Crippen molar-refractivity contribution in [3.8, 4) is 0 Å². The predicted octanol–water partition coefficient (Wildman–Crippen LogP) is 3.04. The van der Waals surface area contributed by atoms with Gasteiger partial charge in [-0.1, -0.05) is 24.3 Å². The van der Waals surface area contributed by atoms with Crippen molar-refractivity contribution >= 4 is 11.8 Å². The number of benzene rings is 1. The van der Waals surface area contributed by atoms with Gasteiger partial charge in [0, 0.05) is 32.1 Å². The molecule has 1 N–H and O–H groups in total. The van der Waals surface area contributed by atoms with Gasteiger partial charge >= 0.3 is 0 Å². The number of rotatable bonds is 6. The minimum absolute atomic E-state index is 0.0200. The Balaban J connectivity index is 1.27. The average molecular weight is 396 g/mol. The number of piperidine rings is 1. The summed E-state index contributed by atoms with van der Waals surface area (Å²) in [7, 11) is 0. The Kier molecular flexibility index (Phi) is 6.30. The molecule has 0 aliphatic carbocycles. The van der Waals surface area contributed by atoms with Gasteiger partial charge in [-0.3, -0.25) is 14.5 Å². The molecule has 0 radical (unpaired) electrons. The third-order valence-electron chi connectivity index (χ3n) is 6.09. The second-order valence-electron chi connectivity index (χ2n) is 8.05. The maximum absolute atomic E-state index is 12.7. The highest BCUT2D eigenvalue weighted by Gasteiger charge is 2.28. The number of likely N-dealkylation sites (tertiary alicyclic amines) is 2. The lowest BCUT2D eigenvalue weighted by Crippen LogP contribution is -2.42. The summed E-state index contributed by atoms with van der Waals surface area (Å²) in [5.74, 6) is 0.0407. The summed E-state index contributed by atoms with van der Waals surface area (Å²) in [6.07, 6.45) is 6.94. The molecule has 0 spiro atoms. The van der Waals surface area contributed by atoms with E-state index in [0.717, 1.165) is 19.6 Å². The summed E-state index contributed by atoms with van der Waals surface area (Å²) in [5.41, 5.74) is 3.07. The molecule has 2 fully saturated rings. The Morgan fingerprint density at radius 2 is 1.72 bits per heavy atom. The SMILES string of the molecule is O=C(NCc1ccccc1CN1CCCC1)C1CCN(C(=O)c2ccoc2)CC1.